The zero-order chi connectivity index (χ0) is 17.0. The molecule has 0 radical (unpaired) electrons. The Kier molecular flexibility index (Phi) is 3.76. The van der Waals surface area contributed by atoms with E-state index in [1.165, 1.54) is 42.3 Å². The molecule has 0 fully saturated rings. The van der Waals surface area contributed by atoms with Gasteiger partial charge in [0.2, 0.25) is 0 Å². The fourth-order valence-corrected chi connectivity index (χ4v) is 6.01. The van der Waals surface area contributed by atoms with Crippen LogP contribution in [0, 0.1) is 5.92 Å². The maximum absolute atomic E-state index is 5.68. The van der Waals surface area contributed by atoms with Crippen molar-refractivity contribution in [1.82, 2.24) is 4.90 Å². The topological polar surface area (TPSA) is 16.4 Å². The second-order valence-electron chi connectivity index (χ2n) is 8.04. The summed E-state index contributed by atoms with van der Waals surface area (Å²) in [4.78, 5) is 5.91. The summed E-state index contributed by atoms with van der Waals surface area (Å²) < 4.78 is 5.68. The second kappa shape index (κ2) is 6.00. The molecule has 0 saturated heterocycles. The van der Waals surface area contributed by atoms with Gasteiger partial charge in [0.15, 0.2) is 0 Å². The van der Waals surface area contributed by atoms with E-state index in [0.717, 1.165) is 24.5 Å². The van der Waals surface area contributed by atoms with Gasteiger partial charge in [0.05, 0.1) is 6.26 Å². The number of nitrogens with zero attached hydrogens (tertiary/aromatic N) is 1. The highest BCUT2D eigenvalue weighted by atomic mass is 32.1. The van der Waals surface area contributed by atoms with Crippen molar-refractivity contribution in [1.29, 1.82) is 0 Å². The average molecular weight is 352 g/mol. The number of hydrogen-bond acceptors (Lipinski definition) is 3. The molecule has 1 aromatic carbocycles. The van der Waals surface area contributed by atoms with Gasteiger partial charge in [0.1, 0.15) is 5.58 Å². The molecule has 2 nitrogen and oxygen atoms in total. The highest BCUT2D eigenvalue weighted by Crippen LogP contribution is 2.41. The van der Waals surface area contributed by atoms with E-state index in [2.05, 4.69) is 54.3 Å². The summed E-state index contributed by atoms with van der Waals surface area (Å²) >= 11 is 2.06. The molecule has 2 aliphatic rings. The van der Waals surface area contributed by atoms with Crippen molar-refractivity contribution in [3.05, 3.63) is 57.0 Å². The Labute approximate surface area is 153 Å². The molecule has 0 bridgehead atoms. The Morgan fingerprint density at radius 1 is 1.20 bits per heavy atom. The second-order valence-corrected chi connectivity index (χ2v) is 9.26. The molecule has 3 aromatic rings. The van der Waals surface area contributed by atoms with Gasteiger partial charge in [-0.05, 0) is 72.6 Å². The lowest BCUT2D eigenvalue weighted by Crippen LogP contribution is -2.34. The molecule has 0 unspecified atom stereocenters. The van der Waals surface area contributed by atoms with Crippen molar-refractivity contribution in [3.63, 3.8) is 0 Å². The molecule has 5 rings (SSSR count). The van der Waals surface area contributed by atoms with Gasteiger partial charge < -0.3 is 4.42 Å². The van der Waals surface area contributed by atoms with Crippen LogP contribution in [0.3, 0.4) is 0 Å². The Balaban J connectivity index is 1.47. The van der Waals surface area contributed by atoms with E-state index in [4.69, 9.17) is 4.42 Å². The van der Waals surface area contributed by atoms with Crippen LogP contribution in [-0.2, 0) is 25.8 Å². The Hall–Kier alpha value is -1.58. The maximum Gasteiger partial charge on any atom is 0.134 e. The molecule has 0 amide bonds. The average Bonchev–Trinajstić information content (AvgIpc) is 3.13. The number of fused-ring (bicyclic) bond motifs is 5. The van der Waals surface area contributed by atoms with Gasteiger partial charge >= 0.3 is 0 Å². The molecule has 3 heteroatoms. The van der Waals surface area contributed by atoms with E-state index in [0.29, 0.717) is 6.04 Å². The summed E-state index contributed by atoms with van der Waals surface area (Å²) in [7, 11) is 0. The summed E-state index contributed by atoms with van der Waals surface area (Å²) in [6.45, 7) is 6.93. The number of rotatable bonds is 2. The first-order valence-corrected chi connectivity index (χ1v) is 10.3. The molecular formula is C22H25NOS. The summed E-state index contributed by atoms with van der Waals surface area (Å²) in [6, 6.07) is 9.79. The zero-order valence-electron chi connectivity index (χ0n) is 15.0. The Morgan fingerprint density at radius 2 is 2.12 bits per heavy atom. The lowest BCUT2D eigenvalue weighted by molar-refractivity contribution is 0.174. The van der Waals surface area contributed by atoms with Crippen LogP contribution in [0.2, 0.25) is 0 Å². The van der Waals surface area contributed by atoms with Crippen molar-refractivity contribution >= 4 is 22.3 Å². The summed E-state index contributed by atoms with van der Waals surface area (Å²) in [5, 5.41) is 1.25. The number of thiophene rings is 1. The third kappa shape index (κ3) is 2.74. The van der Waals surface area contributed by atoms with Crippen molar-refractivity contribution < 1.29 is 4.42 Å². The lowest BCUT2D eigenvalue weighted by atomic mass is 9.89. The molecule has 0 N–H and O–H groups in total. The Morgan fingerprint density at radius 3 is 3.00 bits per heavy atom. The molecule has 1 atom stereocenters. The molecule has 2 aliphatic heterocycles. The fraction of sp³-hybridized carbons (Fsp3) is 0.455. The van der Waals surface area contributed by atoms with E-state index in [9.17, 15) is 0 Å². The molecule has 25 heavy (non-hydrogen) atoms. The lowest BCUT2D eigenvalue weighted by Gasteiger charge is -2.36. The molecule has 2 aromatic heterocycles. The van der Waals surface area contributed by atoms with Crippen molar-refractivity contribution in [3.8, 4) is 0 Å². The minimum Gasteiger partial charge on any atom is -0.464 e. The van der Waals surface area contributed by atoms with E-state index in [1.807, 2.05) is 6.26 Å². The highest BCUT2D eigenvalue weighted by Gasteiger charge is 2.31. The summed E-state index contributed by atoms with van der Waals surface area (Å²) in [5.74, 6) is 0.743. The predicted octanol–water partition coefficient (Wildman–Crippen LogP) is 5.74. The quantitative estimate of drug-likeness (QED) is 0.585. The van der Waals surface area contributed by atoms with Crippen molar-refractivity contribution in [2.75, 3.05) is 6.54 Å². The largest absolute Gasteiger partial charge is 0.464 e. The molecule has 0 saturated carbocycles. The molecule has 130 valence electrons. The maximum atomic E-state index is 5.68. The predicted molar refractivity (Wildman–Crippen MR) is 104 cm³/mol. The van der Waals surface area contributed by atoms with Gasteiger partial charge in [0, 0.05) is 34.3 Å². The van der Waals surface area contributed by atoms with Crippen LogP contribution in [0.1, 0.15) is 52.8 Å². The first kappa shape index (κ1) is 15.7. The van der Waals surface area contributed by atoms with Crippen molar-refractivity contribution in [2.24, 2.45) is 5.92 Å². The van der Waals surface area contributed by atoms with Gasteiger partial charge in [0.25, 0.3) is 0 Å². The molecule has 4 heterocycles. The van der Waals surface area contributed by atoms with Crippen LogP contribution < -0.4 is 0 Å². The van der Waals surface area contributed by atoms with E-state index in [-0.39, 0.29) is 0 Å². The number of furan rings is 1. The zero-order valence-corrected chi connectivity index (χ0v) is 15.9. The van der Waals surface area contributed by atoms with Crippen LogP contribution in [-0.4, -0.2) is 11.4 Å². The molecule has 0 aliphatic carbocycles. The first-order valence-electron chi connectivity index (χ1n) is 9.52. The number of aryl methyl sites for hydroxylation is 1. The third-order valence-electron chi connectivity index (χ3n) is 5.76. The summed E-state index contributed by atoms with van der Waals surface area (Å²) in [5.41, 5.74) is 5.66. The number of hydrogen-bond donors (Lipinski definition) is 0. The van der Waals surface area contributed by atoms with Gasteiger partial charge in [-0.25, -0.2) is 0 Å². The standard InChI is InChI=1S/C22H25NOS/c1-14(2)9-18-11-17-13-23-7-5-15-10-16-6-8-24-21(16)12-19(15)20(23)3-4-22(17)25-18/h6,8,10-12,14,20H,3-5,7,9,13H2,1-2H3/t20-/m0/s1. The van der Waals surface area contributed by atoms with E-state index in [1.54, 1.807) is 15.3 Å². The van der Waals surface area contributed by atoms with Crippen LogP contribution >= 0.6 is 11.3 Å². The smallest absolute Gasteiger partial charge is 0.134 e. The van der Waals surface area contributed by atoms with Gasteiger partial charge in [-0.1, -0.05) is 13.8 Å². The first-order chi connectivity index (χ1) is 12.2. The fourth-order valence-electron chi connectivity index (χ4n) is 4.61. The van der Waals surface area contributed by atoms with Crippen LogP contribution in [0.5, 0.6) is 0 Å². The van der Waals surface area contributed by atoms with E-state index < -0.39 is 0 Å². The van der Waals surface area contributed by atoms with Gasteiger partial charge in [-0.3, -0.25) is 4.90 Å². The minimum absolute atomic E-state index is 0.548. The number of benzene rings is 1. The van der Waals surface area contributed by atoms with Crippen LogP contribution in [0.15, 0.2) is 34.9 Å². The molecular weight excluding hydrogens is 326 g/mol. The molecule has 0 spiro atoms. The summed E-state index contributed by atoms with van der Waals surface area (Å²) in [6.07, 6.45) is 6.64. The monoisotopic (exact) mass is 351 g/mol. The third-order valence-corrected chi connectivity index (χ3v) is 7.02. The van der Waals surface area contributed by atoms with Crippen LogP contribution in [0.25, 0.3) is 11.0 Å². The minimum atomic E-state index is 0.548. The SMILES string of the molecule is CC(C)Cc1cc2c(s1)CC[C@H]1c3cc4occc4cc3CCN1C2. The van der Waals surface area contributed by atoms with Crippen LogP contribution in [0.4, 0.5) is 0 Å². The Bertz CT molecular complexity index is 919. The van der Waals surface area contributed by atoms with Gasteiger partial charge in [-0.2, -0.15) is 0 Å². The van der Waals surface area contributed by atoms with Gasteiger partial charge in [-0.15, -0.1) is 11.3 Å². The highest BCUT2D eigenvalue weighted by molar-refractivity contribution is 7.12. The van der Waals surface area contributed by atoms with Crippen molar-refractivity contribution in [2.45, 2.75) is 52.1 Å². The van der Waals surface area contributed by atoms with E-state index >= 15 is 0 Å². The normalized spacial score (nSPS) is 20.4.